The Morgan fingerprint density at radius 2 is 0.462 bits per heavy atom. The molecule has 0 saturated carbocycles. The van der Waals surface area contributed by atoms with Crippen molar-refractivity contribution >= 4 is 45.5 Å². The summed E-state index contributed by atoms with van der Waals surface area (Å²) in [7, 11) is 1.00. The third-order valence-corrected chi connectivity index (χ3v) is 0. The van der Waals surface area contributed by atoms with E-state index in [9.17, 15) is 0 Å². The second kappa shape index (κ2) is 1750. The maximum absolute atomic E-state index is 7.00. The first-order valence-corrected chi connectivity index (χ1v) is 0.447. The third-order valence-electron chi connectivity index (χ3n) is 0. The zero-order valence-electron chi connectivity index (χ0n) is 7.05. The fraction of sp³-hybridized carbons (Fsp3) is 1.00. The smallest absolute Gasteiger partial charge is 0.870 e. The van der Waals surface area contributed by atoms with Crippen LogP contribution in [0.1, 0.15) is 0 Å². The van der Waals surface area contributed by atoms with E-state index < -0.39 is 0 Å². The number of rotatable bonds is 0. The standard InChI is InChI=1S/CH4O.10H2O.Sr/c1-2;;;;;;;;;;;/h2H,1H3;10*1H2;/q;;;;;;;;;;;+2/p-2. The topological polar surface area (TPSA) is 332 Å². The molecular formula is CH22O11Sr. The maximum Gasteiger partial charge on any atom is 2.00 e. The van der Waals surface area contributed by atoms with Gasteiger partial charge in [0.05, 0.1) is 0 Å². The molecule has 13 heavy (non-hydrogen) atoms. The average molecular weight is 298 g/mol. The first-order valence-electron chi connectivity index (χ1n) is 0.447. The van der Waals surface area contributed by atoms with E-state index in [2.05, 4.69) is 0 Å². The van der Waals surface area contributed by atoms with Crippen LogP contribution in [0.5, 0.6) is 0 Å². The van der Waals surface area contributed by atoms with Crippen LogP contribution in [0.4, 0.5) is 0 Å². The molecule has 0 atom stereocenters. The van der Waals surface area contributed by atoms with E-state index in [0.29, 0.717) is 0 Å². The van der Waals surface area contributed by atoms with Crippen LogP contribution in [0.15, 0.2) is 0 Å². The molecule has 0 aliphatic carbocycles. The van der Waals surface area contributed by atoms with Crippen molar-refractivity contribution in [1.82, 2.24) is 0 Å². The van der Waals surface area contributed by atoms with Crippen molar-refractivity contribution in [2.75, 3.05) is 7.11 Å². The Kier molecular flexibility index (Phi) is 77000. The van der Waals surface area contributed by atoms with E-state index in [-0.39, 0.29) is 100 Å². The van der Waals surface area contributed by atoms with Gasteiger partial charge in [0.15, 0.2) is 0 Å². The molecule has 19 N–H and O–H groups in total. The van der Waals surface area contributed by atoms with Crippen LogP contribution in [-0.2, 0) is 0 Å². The summed E-state index contributed by atoms with van der Waals surface area (Å²) >= 11 is 0. The summed E-state index contributed by atoms with van der Waals surface area (Å²) in [5, 5.41) is 7.00. The molecule has 0 amide bonds. The molecule has 0 aromatic heterocycles. The van der Waals surface area contributed by atoms with Crippen molar-refractivity contribution in [2.45, 2.75) is 0 Å². The Labute approximate surface area is 112 Å². The number of hydrogen-bond donors (Lipinski definition) is 1. The molecule has 0 radical (unpaired) electrons. The summed E-state index contributed by atoms with van der Waals surface area (Å²) in [4.78, 5) is 0. The molecule has 0 fully saturated rings. The molecule has 11 nitrogen and oxygen atoms in total. The summed E-state index contributed by atoms with van der Waals surface area (Å²) in [6, 6.07) is 0. The first kappa shape index (κ1) is 573. The van der Waals surface area contributed by atoms with Crippen LogP contribution in [0, 0.1) is 0 Å². The van der Waals surface area contributed by atoms with Gasteiger partial charge >= 0.3 is 45.5 Å². The average Bonchev–Trinajstić information content (AvgIpc) is 1.00. The van der Waals surface area contributed by atoms with Crippen LogP contribution in [-0.4, -0.2) is 112 Å². The minimum Gasteiger partial charge on any atom is -0.870 e. The van der Waals surface area contributed by atoms with Crippen molar-refractivity contribution in [1.29, 1.82) is 0 Å². The van der Waals surface area contributed by atoms with Crippen LogP contribution < -0.4 is 0 Å². The Bertz CT molecular complexity index is 10.1. The Morgan fingerprint density at radius 1 is 0.462 bits per heavy atom. The maximum atomic E-state index is 7.00. The van der Waals surface area contributed by atoms with Gasteiger partial charge in [0.2, 0.25) is 0 Å². The second-order valence-electron chi connectivity index (χ2n) is 0. The van der Waals surface area contributed by atoms with E-state index in [0.717, 1.165) is 7.11 Å². The normalized spacial score (nSPS) is 0.462. The summed E-state index contributed by atoms with van der Waals surface area (Å²) in [5.41, 5.74) is 0. The van der Waals surface area contributed by atoms with Gasteiger partial charge < -0.3 is 59.9 Å². The number of aliphatic hydroxyl groups is 1. The zero-order valence-corrected chi connectivity index (χ0v) is 10.5. The third kappa shape index (κ3) is 1470. The summed E-state index contributed by atoms with van der Waals surface area (Å²) in [6.45, 7) is 0. The molecule has 0 aromatic carbocycles. The van der Waals surface area contributed by atoms with E-state index in [1.807, 2.05) is 0 Å². The van der Waals surface area contributed by atoms with Gasteiger partial charge in [-0.1, -0.05) is 0 Å². The SMILES string of the molecule is CO.O.O.O.O.O.O.O.O.[OH-].[OH-].[Sr+2]. The van der Waals surface area contributed by atoms with Gasteiger partial charge in [-0.25, -0.2) is 0 Å². The molecule has 0 bridgehead atoms. The minimum atomic E-state index is 0. The minimum absolute atomic E-state index is 0. The summed E-state index contributed by atoms with van der Waals surface area (Å²) in [6.07, 6.45) is 0. The Balaban J connectivity index is -0.0000000000909. The largest absolute Gasteiger partial charge is 2.00 e. The number of hydrogen-bond acceptors (Lipinski definition) is 3. The predicted octanol–water partition coefficient (Wildman–Crippen LogP) is -7.72. The molecule has 94 valence electrons. The first-order chi connectivity index (χ1) is 1.00. The van der Waals surface area contributed by atoms with Gasteiger partial charge in [0.25, 0.3) is 0 Å². The Hall–Kier alpha value is 1.04. The van der Waals surface area contributed by atoms with E-state index in [1.165, 1.54) is 0 Å². The van der Waals surface area contributed by atoms with Gasteiger partial charge in [0.1, 0.15) is 0 Å². The zero-order chi connectivity index (χ0) is 2.00. The van der Waals surface area contributed by atoms with Gasteiger partial charge in [-0.2, -0.15) is 0 Å². The van der Waals surface area contributed by atoms with E-state index in [1.54, 1.807) is 0 Å². The number of aliphatic hydroxyl groups excluding tert-OH is 1. The Morgan fingerprint density at radius 3 is 0.462 bits per heavy atom. The van der Waals surface area contributed by atoms with Gasteiger partial charge in [-0.15, -0.1) is 0 Å². The molecule has 0 saturated heterocycles. The van der Waals surface area contributed by atoms with Gasteiger partial charge in [0, 0.05) is 7.11 Å². The van der Waals surface area contributed by atoms with Crippen LogP contribution in [0.2, 0.25) is 0 Å². The van der Waals surface area contributed by atoms with Crippen molar-refractivity contribution in [2.24, 2.45) is 0 Å². The summed E-state index contributed by atoms with van der Waals surface area (Å²) in [5.74, 6) is 0. The fourth-order valence-electron chi connectivity index (χ4n) is 0. The van der Waals surface area contributed by atoms with Crippen molar-refractivity contribution in [3.05, 3.63) is 0 Å². The van der Waals surface area contributed by atoms with Crippen molar-refractivity contribution in [3.63, 3.8) is 0 Å². The van der Waals surface area contributed by atoms with Crippen LogP contribution in [0.3, 0.4) is 0 Å². The fourth-order valence-corrected chi connectivity index (χ4v) is 0. The quantitative estimate of drug-likeness (QED) is 0.425. The molecular weight excluding hydrogens is 276 g/mol. The van der Waals surface area contributed by atoms with Crippen LogP contribution in [0.25, 0.3) is 0 Å². The molecule has 0 spiro atoms. The predicted molar refractivity (Wildman–Crippen MR) is 46.7 cm³/mol. The molecule has 0 aliphatic heterocycles. The molecule has 0 unspecified atom stereocenters. The van der Waals surface area contributed by atoms with Crippen molar-refractivity contribution < 1.29 is 59.9 Å². The molecule has 0 aromatic rings. The van der Waals surface area contributed by atoms with E-state index in [4.69, 9.17) is 5.11 Å². The monoisotopic (exact) mass is 298 g/mol. The van der Waals surface area contributed by atoms with Crippen molar-refractivity contribution in [3.8, 4) is 0 Å². The molecule has 0 heterocycles. The van der Waals surface area contributed by atoms with Crippen LogP contribution >= 0.6 is 0 Å². The molecule has 12 heteroatoms. The van der Waals surface area contributed by atoms with Gasteiger partial charge in [-0.3, -0.25) is 0 Å². The molecule has 0 aliphatic rings. The second-order valence-corrected chi connectivity index (χ2v) is 0. The summed E-state index contributed by atoms with van der Waals surface area (Å²) < 4.78 is 0. The van der Waals surface area contributed by atoms with E-state index >= 15 is 0 Å². The molecule has 0 rings (SSSR count). The van der Waals surface area contributed by atoms with Gasteiger partial charge in [-0.05, 0) is 0 Å².